The van der Waals surface area contributed by atoms with Crippen molar-refractivity contribution in [2.24, 2.45) is 11.3 Å². The molecular formula is C49H61FO5. The Morgan fingerprint density at radius 1 is 0.800 bits per heavy atom. The molecule has 2 N–H and O–H groups in total. The zero-order valence-electron chi connectivity index (χ0n) is 33.5. The quantitative estimate of drug-likeness (QED) is 0.0567. The standard InChI is InChI=1S/C49H61FO5/c1-6-8-9-11-35-13-15-37(16-14-35)38-17-19-39(20-18-38)40-21-25-45(46(50)30-40)42-22-24-44(36(7-2)28-42)41-23-26-47(55-33-49(5,31-51)32-52)43(29-41)12-10-27-54-48(53)34(3)4/h17-26,28-30,35,37,51-52H,3,6-16,27,31-33H2,1-2,4-5H3. The van der Waals surface area contributed by atoms with Crippen LogP contribution in [0.5, 0.6) is 5.75 Å². The first-order valence-corrected chi connectivity index (χ1v) is 20.4. The fourth-order valence-electron chi connectivity index (χ4n) is 7.71. The van der Waals surface area contributed by atoms with E-state index in [-0.39, 0.29) is 32.2 Å². The van der Waals surface area contributed by atoms with Gasteiger partial charge in [-0.1, -0.05) is 114 Å². The summed E-state index contributed by atoms with van der Waals surface area (Å²) in [7, 11) is 0. The number of ether oxygens (including phenoxy) is 2. The molecular weight excluding hydrogens is 688 g/mol. The van der Waals surface area contributed by atoms with Crippen LogP contribution in [0.1, 0.15) is 108 Å². The van der Waals surface area contributed by atoms with Crippen LogP contribution in [0, 0.1) is 17.2 Å². The first-order valence-electron chi connectivity index (χ1n) is 20.4. The molecule has 0 amide bonds. The second-order valence-corrected chi connectivity index (χ2v) is 16.0. The Morgan fingerprint density at radius 3 is 2.09 bits per heavy atom. The van der Waals surface area contributed by atoms with Crippen molar-refractivity contribution < 1.29 is 28.9 Å². The van der Waals surface area contributed by atoms with Gasteiger partial charge < -0.3 is 19.7 Å². The van der Waals surface area contributed by atoms with Crippen LogP contribution in [0.25, 0.3) is 33.4 Å². The molecule has 55 heavy (non-hydrogen) atoms. The van der Waals surface area contributed by atoms with E-state index in [2.05, 4.69) is 62.9 Å². The molecule has 1 aliphatic carbocycles. The van der Waals surface area contributed by atoms with Crippen LogP contribution < -0.4 is 4.74 Å². The van der Waals surface area contributed by atoms with Crippen LogP contribution in [0.2, 0.25) is 0 Å². The highest BCUT2D eigenvalue weighted by atomic mass is 19.1. The number of halogens is 1. The van der Waals surface area contributed by atoms with Gasteiger partial charge in [0.1, 0.15) is 11.6 Å². The van der Waals surface area contributed by atoms with Gasteiger partial charge in [-0.15, -0.1) is 0 Å². The van der Waals surface area contributed by atoms with Crippen LogP contribution in [0.15, 0.2) is 91.0 Å². The van der Waals surface area contributed by atoms with Crippen molar-refractivity contribution in [3.05, 3.63) is 114 Å². The Morgan fingerprint density at radius 2 is 1.44 bits per heavy atom. The van der Waals surface area contributed by atoms with E-state index in [0.717, 1.165) is 51.3 Å². The van der Waals surface area contributed by atoms with Crippen LogP contribution in [0.4, 0.5) is 4.39 Å². The van der Waals surface area contributed by atoms with Crippen molar-refractivity contribution in [3.63, 3.8) is 0 Å². The van der Waals surface area contributed by atoms with Gasteiger partial charge in [0, 0.05) is 16.6 Å². The highest BCUT2D eigenvalue weighted by molar-refractivity contribution is 5.86. The third-order valence-corrected chi connectivity index (χ3v) is 11.4. The minimum atomic E-state index is -0.789. The molecule has 0 spiro atoms. The Bertz CT molecular complexity index is 1870. The monoisotopic (exact) mass is 748 g/mol. The molecule has 0 unspecified atom stereocenters. The van der Waals surface area contributed by atoms with Gasteiger partial charge in [-0.25, -0.2) is 9.18 Å². The molecule has 294 valence electrons. The summed E-state index contributed by atoms with van der Waals surface area (Å²) in [5.74, 6) is 1.51. The zero-order chi connectivity index (χ0) is 39.4. The summed E-state index contributed by atoms with van der Waals surface area (Å²) < 4.78 is 27.3. The number of benzene rings is 4. The number of carbonyl (C=O) groups is 1. The van der Waals surface area contributed by atoms with E-state index in [4.69, 9.17) is 9.47 Å². The van der Waals surface area contributed by atoms with Crippen molar-refractivity contribution in [1.29, 1.82) is 0 Å². The average Bonchev–Trinajstić information content (AvgIpc) is 3.21. The third kappa shape index (κ3) is 11.2. The fraction of sp³-hybridized carbons (Fsp3) is 0.449. The largest absolute Gasteiger partial charge is 0.493 e. The van der Waals surface area contributed by atoms with Gasteiger partial charge >= 0.3 is 5.97 Å². The summed E-state index contributed by atoms with van der Waals surface area (Å²) in [6, 6.07) is 26.5. The molecule has 0 saturated heterocycles. The normalized spacial score (nSPS) is 15.8. The molecule has 0 bridgehead atoms. The summed E-state index contributed by atoms with van der Waals surface area (Å²) in [4.78, 5) is 11.9. The Kier molecular flexibility index (Phi) is 15.3. The second-order valence-electron chi connectivity index (χ2n) is 16.0. The molecule has 5 nitrogen and oxygen atoms in total. The van der Waals surface area contributed by atoms with Gasteiger partial charge in [0.2, 0.25) is 0 Å². The van der Waals surface area contributed by atoms with Crippen molar-refractivity contribution in [2.75, 3.05) is 26.4 Å². The van der Waals surface area contributed by atoms with Gasteiger partial charge in [-0.05, 0) is 126 Å². The van der Waals surface area contributed by atoms with Crippen molar-refractivity contribution in [2.45, 2.75) is 104 Å². The number of aliphatic hydroxyl groups excluding tert-OH is 2. The minimum absolute atomic E-state index is 0.141. The van der Waals surface area contributed by atoms with Gasteiger partial charge in [-0.2, -0.15) is 0 Å². The number of carbonyl (C=O) groups excluding carboxylic acids is 1. The second kappa shape index (κ2) is 20.1. The molecule has 4 aromatic rings. The van der Waals surface area contributed by atoms with Gasteiger partial charge in [0.25, 0.3) is 0 Å². The van der Waals surface area contributed by atoms with Gasteiger partial charge in [-0.3, -0.25) is 0 Å². The van der Waals surface area contributed by atoms with Crippen molar-refractivity contribution in [1.82, 2.24) is 0 Å². The predicted molar refractivity (Wildman–Crippen MR) is 223 cm³/mol. The molecule has 0 aliphatic heterocycles. The average molecular weight is 749 g/mol. The molecule has 1 fully saturated rings. The Labute approximate surface area is 328 Å². The third-order valence-electron chi connectivity index (χ3n) is 11.4. The number of unbranched alkanes of at least 4 members (excludes halogenated alkanes) is 2. The number of aliphatic hydroxyl groups is 2. The van der Waals surface area contributed by atoms with E-state index in [1.54, 1.807) is 19.9 Å². The van der Waals surface area contributed by atoms with E-state index in [0.29, 0.717) is 35.6 Å². The maximum Gasteiger partial charge on any atom is 0.333 e. The molecule has 0 radical (unpaired) electrons. The predicted octanol–water partition coefficient (Wildman–Crippen LogP) is 11.7. The van der Waals surface area contributed by atoms with E-state index >= 15 is 4.39 Å². The van der Waals surface area contributed by atoms with Crippen molar-refractivity contribution >= 4 is 5.97 Å². The zero-order valence-corrected chi connectivity index (χ0v) is 33.5. The summed E-state index contributed by atoms with van der Waals surface area (Å²) in [5, 5.41) is 19.6. The lowest BCUT2D eigenvalue weighted by Crippen LogP contribution is -2.33. The van der Waals surface area contributed by atoms with E-state index in [1.165, 1.54) is 56.9 Å². The van der Waals surface area contributed by atoms with Crippen LogP contribution >= 0.6 is 0 Å². The van der Waals surface area contributed by atoms with E-state index in [1.807, 2.05) is 30.3 Å². The Hall–Kier alpha value is -4.26. The fourth-order valence-corrected chi connectivity index (χ4v) is 7.71. The maximum absolute atomic E-state index is 15.9. The molecule has 1 saturated carbocycles. The molecule has 6 heteroatoms. The first-order chi connectivity index (χ1) is 26.6. The summed E-state index contributed by atoms with van der Waals surface area (Å²) >= 11 is 0. The number of aryl methyl sites for hydroxylation is 2. The number of hydrogen-bond acceptors (Lipinski definition) is 5. The van der Waals surface area contributed by atoms with E-state index < -0.39 is 11.4 Å². The molecule has 5 rings (SSSR count). The number of hydrogen-bond donors (Lipinski definition) is 2. The molecule has 0 aromatic heterocycles. The van der Waals surface area contributed by atoms with Crippen LogP contribution in [-0.4, -0.2) is 42.6 Å². The minimum Gasteiger partial charge on any atom is -0.493 e. The molecule has 0 atom stereocenters. The number of rotatable bonds is 19. The summed E-state index contributed by atoms with van der Waals surface area (Å²) in [6.07, 6.45) is 12.5. The molecule has 0 heterocycles. The maximum atomic E-state index is 15.9. The van der Waals surface area contributed by atoms with Crippen LogP contribution in [0.3, 0.4) is 0 Å². The SMILES string of the molecule is C=C(C)C(=O)OCCCc1cc(-c2ccc(-c3ccc(-c4ccc(C5CCC(CCCCC)CC5)cc4)cc3F)cc2CC)ccc1OCC(C)(CO)CO. The van der Waals surface area contributed by atoms with Crippen molar-refractivity contribution in [3.8, 4) is 39.1 Å². The van der Waals surface area contributed by atoms with Gasteiger partial charge in [0.05, 0.1) is 26.4 Å². The molecule has 4 aromatic carbocycles. The highest BCUT2D eigenvalue weighted by Gasteiger charge is 2.25. The smallest absolute Gasteiger partial charge is 0.333 e. The lowest BCUT2D eigenvalue weighted by Gasteiger charge is -2.29. The topological polar surface area (TPSA) is 76.0 Å². The van der Waals surface area contributed by atoms with E-state index in [9.17, 15) is 15.0 Å². The summed E-state index contributed by atoms with van der Waals surface area (Å²) in [5.41, 5.74) is 8.34. The van der Waals surface area contributed by atoms with Gasteiger partial charge in [0.15, 0.2) is 0 Å². The Balaban J connectivity index is 1.31. The lowest BCUT2D eigenvalue weighted by molar-refractivity contribution is -0.139. The number of esters is 1. The summed E-state index contributed by atoms with van der Waals surface area (Å²) in [6.45, 7) is 11.4. The highest BCUT2D eigenvalue weighted by Crippen LogP contribution is 2.39. The lowest BCUT2D eigenvalue weighted by atomic mass is 9.77. The first kappa shape index (κ1) is 41.9. The molecule has 1 aliphatic rings. The van der Waals surface area contributed by atoms with Crippen LogP contribution in [-0.2, 0) is 22.4 Å².